The SMILES string of the molecule is C=CC(=O)N1CCC(C(C)C(=O)Nc2ccccc2OC)CC1. The molecular weight excluding hydrogens is 292 g/mol. The zero-order valence-electron chi connectivity index (χ0n) is 13.7. The van der Waals surface area contributed by atoms with Crippen molar-refractivity contribution >= 4 is 17.5 Å². The van der Waals surface area contributed by atoms with Gasteiger partial charge in [-0.3, -0.25) is 9.59 Å². The molecule has 0 saturated carbocycles. The predicted molar refractivity (Wildman–Crippen MR) is 90.3 cm³/mol. The van der Waals surface area contributed by atoms with Crippen LogP contribution in [0.3, 0.4) is 0 Å². The number of piperidine rings is 1. The van der Waals surface area contributed by atoms with Gasteiger partial charge in [-0.05, 0) is 37.0 Å². The second-order valence-electron chi connectivity index (χ2n) is 5.85. The zero-order chi connectivity index (χ0) is 16.8. The Morgan fingerprint density at radius 1 is 1.35 bits per heavy atom. The number of carbonyl (C=O) groups excluding carboxylic acids is 2. The molecule has 1 N–H and O–H groups in total. The Morgan fingerprint density at radius 3 is 2.61 bits per heavy atom. The molecule has 124 valence electrons. The Kier molecular flexibility index (Phi) is 5.79. The van der Waals surface area contributed by atoms with Crippen LogP contribution in [0.15, 0.2) is 36.9 Å². The first kappa shape index (κ1) is 17.1. The van der Waals surface area contributed by atoms with Crippen LogP contribution in [0.1, 0.15) is 19.8 Å². The highest BCUT2D eigenvalue weighted by atomic mass is 16.5. The number of likely N-dealkylation sites (tertiary alicyclic amines) is 1. The van der Waals surface area contributed by atoms with Crippen LogP contribution in [0.5, 0.6) is 5.75 Å². The maximum atomic E-state index is 12.5. The Balaban J connectivity index is 1.93. The summed E-state index contributed by atoms with van der Waals surface area (Å²) >= 11 is 0. The Morgan fingerprint density at radius 2 is 2.00 bits per heavy atom. The number of anilines is 1. The van der Waals surface area contributed by atoms with Crippen molar-refractivity contribution < 1.29 is 14.3 Å². The molecule has 0 bridgehead atoms. The van der Waals surface area contributed by atoms with Crippen LogP contribution >= 0.6 is 0 Å². The molecule has 23 heavy (non-hydrogen) atoms. The fourth-order valence-electron chi connectivity index (χ4n) is 2.96. The minimum absolute atomic E-state index is 0.0111. The van der Waals surface area contributed by atoms with Gasteiger partial charge < -0.3 is 15.0 Å². The number of rotatable bonds is 5. The fourth-order valence-corrected chi connectivity index (χ4v) is 2.96. The number of hydrogen-bond donors (Lipinski definition) is 1. The van der Waals surface area contributed by atoms with Gasteiger partial charge in [0.1, 0.15) is 5.75 Å². The quantitative estimate of drug-likeness (QED) is 0.850. The molecule has 1 atom stereocenters. The summed E-state index contributed by atoms with van der Waals surface area (Å²) in [6.07, 6.45) is 3.01. The maximum Gasteiger partial charge on any atom is 0.245 e. The van der Waals surface area contributed by atoms with Crippen molar-refractivity contribution in [1.29, 1.82) is 0 Å². The molecule has 0 spiro atoms. The summed E-state index contributed by atoms with van der Waals surface area (Å²) in [4.78, 5) is 25.9. The number of carbonyl (C=O) groups is 2. The lowest BCUT2D eigenvalue weighted by Crippen LogP contribution is -2.40. The fraction of sp³-hybridized carbons (Fsp3) is 0.444. The van der Waals surface area contributed by atoms with E-state index in [0.717, 1.165) is 12.8 Å². The molecule has 0 aliphatic carbocycles. The average molecular weight is 316 g/mol. The van der Waals surface area contributed by atoms with Crippen LogP contribution in [0.4, 0.5) is 5.69 Å². The van der Waals surface area contributed by atoms with E-state index in [1.54, 1.807) is 12.0 Å². The molecule has 1 aliphatic heterocycles. The molecule has 2 rings (SSSR count). The van der Waals surface area contributed by atoms with Gasteiger partial charge >= 0.3 is 0 Å². The molecule has 5 heteroatoms. The maximum absolute atomic E-state index is 12.5. The van der Waals surface area contributed by atoms with Crippen LogP contribution in [-0.2, 0) is 9.59 Å². The smallest absolute Gasteiger partial charge is 0.245 e. The first-order chi connectivity index (χ1) is 11.1. The molecule has 2 amide bonds. The third-order valence-electron chi connectivity index (χ3n) is 4.51. The number of nitrogens with zero attached hydrogens (tertiary/aromatic N) is 1. The summed E-state index contributed by atoms with van der Waals surface area (Å²) in [5.41, 5.74) is 0.686. The molecule has 0 radical (unpaired) electrons. The molecule has 1 unspecified atom stereocenters. The van der Waals surface area contributed by atoms with Crippen molar-refractivity contribution in [3.8, 4) is 5.75 Å². The van der Waals surface area contributed by atoms with Gasteiger partial charge in [-0.1, -0.05) is 25.6 Å². The van der Waals surface area contributed by atoms with E-state index in [2.05, 4.69) is 11.9 Å². The monoisotopic (exact) mass is 316 g/mol. The molecule has 1 aromatic carbocycles. The summed E-state index contributed by atoms with van der Waals surface area (Å²) in [5, 5.41) is 2.94. The number of amides is 2. The Hall–Kier alpha value is -2.30. The number of methoxy groups -OCH3 is 1. The lowest BCUT2D eigenvalue weighted by atomic mass is 9.84. The van der Waals surface area contributed by atoms with Crippen molar-refractivity contribution in [2.24, 2.45) is 11.8 Å². The molecule has 1 heterocycles. The summed E-state index contributed by atoms with van der Waals surface area (Å²) < 4.78 is 5.26. The van der Waals surface area contributed by atoms with Crippen molar-refractivity contribution in [1.82, 2.24) is 4.90 Å². The van der Waals surface area contributed by atoms with E-state index in [-0.39, 0.29) is 23.7 Å². The third kappa shape index (κ3) is 4.12. The summed E-state index contributed by atoms with van der Waals surface area (Å²) in [7, 11) is 1.58. The van der Waals surface area contributed by atoms with Crippen LogP contribution in [-0.4, -0.2) is 36.9 Å². The molecule has 5 nitrogen and oxygen atoms in total. The van der Waals surface area contributed by atoms with Gasteiger partial charge in [0.25, 0.3) is 0 Å². The number of para-hydroxylation sites is 2. The van der Waals surface area contributed by atoms with Crippen LogP contribution in [0, 0.1) is 11.8 Å². The minimum atomic E-state index is -0.110. The van der Waals surface area contributed by atoms with E-state index in [1.165, 1.54) is 6.08 Å². The zero-order valence-corrected chi connectivity index (χ0v) is 13.7. The van der Waals surface area contributed by atoms with Gasteiger partial charge in [-0.25, -0.2) is 0 Å². The summed E-state index contributed by atoms with van der Waals surface area (Å²) in [5.74, 6) is 0.775. The summed E-state index contributed by atoms with van der Waals surface area (Å²) in [6.45, 7) is 6.82. The molecule has 1 aromatic rings. The molecule has 0 aromatic heterocycles. The van der Waals surface area contributed by atoms with Gasteiger partial charge in [0.2, 0.25) is 11.8 Å². The van der Waals surface area contributed by atoms with Gasteiger partial charge in [0, 0.05) is 19.0 Å². The van der Waals surface area contributed by atoms with E-state index in [0.29, 0.717) is 24.5 Å². The predicted octanol–water partition coefficient (Wildman–Crippen LogP) is 2.69. The number of ether oxygens (including phenoxy) is 1. The van der Waals surface area contributed by atoms with Crippen LogP contribution < -0.4 is 10.1 Å². The van der Waals surface area contributed by atoms with Gasteiger partial charge in [0.05, 0.1) is 12.8 Å². The molecule has 1 aliphatic rings. The first-order valence-electron chi connectivity index (χ1n) is 7.92. The molecule has 1 saturated heterocycles. The third-order valence-corrected chi connectivity index (χ3v) is 4.51. The van der Waals surface area contributed by atoms with Gasteiger partial charge in [-0.2, -0.15) is 0 Å². The second kappa shape index (κ2) is 7.81. The highest BCUT2D eigenvalue weighted by Gasteiger charge is 2.29. The van der Waals surface area contributed by atoms with Gasteiger partial charge in [-0.15, -0.1) is 0 Å². The highest BCUT2D eigenvalue weighted by molar-refractivity contribution is 5.94. The average Bonchev–Trinajstić information content (AvgIpc) is 2.61. The first-order valence-corrected chi connectivity index (χ1v) is 7.92. The van der Waals surface area contributed by atoms with E-state index in [4.69, 9.17) is 4.74 Å². The number of hydrogen-bond acceptors (Lipinski definition) is 3. The largest absolute Gasteiger partial charge is 0.495 e. The van der Waals surface area contributed by atoms with Crippen molar-refractivity contribution in [3.05, 3.63) is 36.9 Å². The van der Waals surface area contributed by atoms with E-state index >= 15 is 0 Å². The van der Waals surface area contributed by atoms with Crippen molar-refractivity contribution in [2.75, 3.05) is 25.5 Å². The number of benzene rings is 1. The Bertz CT molecular complexity index is 577. The lowest BCUT2D eigenvalue weighted by molar-refractivity contribution is -0.128. The van der Waals surface area contributed by atoms with Crippen molar-refractivity contribution in [2.45, 2.75) is 19.8 Å². The molecular formula is C18H24N2O3. The van der Waals surface area contributed by atoms with E-state index < -0.39 is 0 Å². The van der Waals surface area contributed by atoms with Crippen LogP contribution in [0.25, 0.3) is 0 Å². The van der Waals surface area contributed by atoms with Crippen LogP contribution in [0.2, 0.25) is 0 Å². The standard InChI is InChI=1S/C18H24N2O3/c1-4-17(21)20-11-9-14(10-12-20)13(2)18(22)19-15-7-5-6-8-16(15)23-3/h4-8,13-14H,1,9-12H2,2-3H3,(H,19,22). The number of nitrogens with one attached hydrogen (secondary N) is 1. The second-order valence-corrected chi connectivity index (χ2v) is 5.85. The Labute approximate surface area is 137 Å². The van der Waals surface area contributed by atoms with Crippen molar-refractivity contribution in [3.63, 3.8) is 0 Å². The lowest BCUT2D eigenvalue weighted by Gasteiger charge is -2.33. The van der Waals surface area contributed by atoms with E-state index in [1.807, 2.05) is 31.2 Å². The van der Waals surface area contributed by atoms with E-state index in [9.17, 15) is 9.59 Å². The normalized spacial score (nSPS) is 16.5. The van der Waals surface area contributed by atoms with Gasteiger partial charge in [0.15, 0.2) is 0 Å². The highest BCUT2D eigenvalue weighted by Crippen LogP contribution is 2.28. The summed E-state index contributed by atoms with van der Waals surface area (Å²) in [6, 6.07) is 7.38. The molecule has 1 fully saturated rings. The topological polar surface area (TPSA) is 58.6 Å². The minimum Gasteiger partial charge on any atom is -0.495 e.